The van der Waals surface area contributed by atoms with Gasteiger partial charge < -0.3 is 9.97 Å². The zero-order valence-corrected chi connectivity index (χ0v) is 32.0. The number of fused-ring (bicyclic) bond motifs is 17. The number of hydrogen-bond donors (Lipinski definition) is 2. The molecule has 0 saturated heterocycles. The van der Waals surface area contributed by atoms with Crippen LogP contribution in [0.25, 0.3) is 99.2 Å². The van der Waals surface area contributed by atoms with Gasteiger partial charge >= 0.3 is 0 Å². The van der Waals surface area contributed by atoms with Crippen LogP contribution in [0.2, 0.25) is 0 Å². The van der Waals surface area contributed by atoms with Gasteiger partial charge in [0.05, 0.1) is 32.7 Å². The Hall–Kier alpha value is -7.20. The van der Waals surface area contributed by atoms with Crippen LogP contribution in [0.5, 0.6) is 0 Å². The summed E-state index contributed by atoms with van der Waals surface area (Å²) >= 11 is 0. The Balaban J connectivity index is 1.57. The number of nitriles is 2. The molecule has 0 amide bonds. The first-order valence-electron chi connectivity index (χ1n) is 18.3. The number of nitrogens with zero attached hydrogens (tertiary/aromatic N) is 6. The summed E-state index contributed by atoms with van der Waals surface area (Å²) < 4.78 is 123. The minimum atomic E-state index is -2.22. The second-order valence-corrected chi connectivity index (χ2v) is 16.9. The van der Waals surface area contributed by atoms with Crippen molar-refractivity contribution in [3.8, 4) is 34.9 Å². The van der Waals surface area contributed by atoms with Gasteiger partial charge in [-0.15, -0.1) is 0 Å². The maximum atomic E-state index is 15.9. The molecule has 0 spiro atoms. The van der Waals surface area contributed by atoms with Crippen LogP contribution < -0.4 is 0 Å². The van der Waals surface area contributed by atoms with Gasteiger partial charge in [0.2, 0.25) is 0 Å². The van der Waals surface area contributed by atoms with Gasteiger partial charge in [-0.3, -0.25) is 0 Å². The molecule has 296 valence electrons. The third-order valence-corrected chi connectivity index (χ3v) is 11.3. The molecule has 0 atom stereocenters. The Kier molecular flexibility index (Phi) is 7.25. The summed E-state index contributed by atoms with van der Waals surface area (Å²) in [5.41, 5.74) is -2.13. The number of benzene rings is 6. The molecule has 16 heteroatoms. The van der Waals surface area contributed by atoms with Crippen molar-refractivity contribution >= 4 is 76.5 Å². The maximum Gasteiger partial charge on any atom is 0.198 e. The predicted molar refractivity (Wildman–Crippen MR) is 209 cm³/mol. The Labute approximate surface area is 331 Å². The number of halogens is 8. The highest BCUT2D eigenvalue weighted by atomic mass is 19.2. The molecular formula is C44H24F8N8. The highest BCUT2D eigenvalue weighted by molar-refractivity contribution is 6.33. The van der Waals surface area contributed by atoms with Crippen LogP contribution in [0.4, 0.5) is 35.1 Å². The lowest BCUT2D eigenvalue weighted by Gasteiger charge is -2.26. The highest BCUT2D eigenvalue weighted by Gasteiger charge is 2.34. The molecule has 4 heterocycles. The quantitative estimate of drug-likeness (QED) is 0.0678. The SMILES string of the molecule is CC(C)(C)c1cc2c(C#N)c(C#N)c3cc(C(C)(C)C)cc4c5c(c(c1)c2c34)-c1nc-5nc2[nH]c(nc3[nH]c(n1)c1c(F)c(F)c(F)c(F)c31)c1c(F)c(F)c(F)c(F)c21. The van der Waals surface area contributed by atoms with E-state index in [-0.39, 0.29) is 33.9 Å². The summed E-state index contributed by atoms with van der Waals surface area (Å²) in [7, 11) is 0. The molecular weight excluding hydrogens is 793 g/mol. The number of aromatic amines is 2. The molecule has 0 saturated carbocycles. The first-order chi connectivity index (χ1) is 28.3. The highest BCUT2D eigenvalue weighted by Crippen LogP contribution is 2.52. The predicted octanol–water partition coefficient (Wildman–Crippen LogP) is 11.7. The lowest BCUT2D eigenvalue weighted by Crippen LogP contribution is -2.13. The first kappa shape index (κ1) is 37.1. The van der Waals surface area contributed by atoms with Crippen molar-refractivity contribution in [1.82, 2.24) is 29.9 Å². The van der Waals surface area contributed by atoms with Gasteiger partial charge in [-0.2, -0.15) is 10.5 Å². The largest absolute Gasteiger partial charge is 0.324 e. The summed E-state index contributed by atoms with van der Waals surface area (Å²) in [6.07, 6.45) is 0. The Morgan fingerprint density at radius 2 is 0.717 bits per heavy atom. The smallest absolute Gasteiger partial charge is 0.198 e. The van der Waals surface area contributed by atoms with Gasteiger partial charge in [-0.05, 0) is 67.8 Å². The number of rotatable bonds is 0. The Morgan fingerprint density at radius 3 is 1.02 bits per heavy atom. The first-order valence-corrected chi connectivity index (χ1v) is 18.3. The molecule has 10 rings (SSSR count). The van der Waals surface area contributed by atoms with E-state index in [0.29, 0.717) is 43.4 Å². The molecule has 0 radical (unpaired) electrons. The molecule has 0 aliphatic carbocycles. The van der Waals surface area contributed by atoms with E-state index in [0.717, 1.165) is 0 Å². The molecule has 2 N–H and O–H groups in total. The second-order valence-electron chi connectivity index (χ2n) is 16.9. The van der Waals surface area contributed by atoms with Crippen molar-refractivity contribution in [2.45, 2.75) is 52.4 Å². The minimum Gasteiger partial charge on any atom is -0.324 e. The van der Waals surface area contributed by atoms with E-state index in [4.69, 9.17) is 4.98 Å². The summed E-state index contributed by atoms with van der Waals surface area (Å²) in [4.78, 5) is 23.0. The molecule has 6 aromatic carbocycles. The second kappa shape index (κ2) is 11.7. The molecule has 1 aliphatic heterocycles. The number of hydrogen-bond acceptors (Lipinski definition) is 6. The van der Waals surface area contributed by atoms with E-state index >= 15 is 26.3 Å². The summed E-state index contributed by atoms with van der Waals surface area (Å²) in [5.74, 6) is -17.0. The van der Waals surface area contributed by atoms with Gasteiger partial charge in [0.1, 0.15) is 34.7 Å². The molecule has 3 aromatic heterocycles. The lowest BCUT2D eigenvalue weighted by atomic mass is 9.77. The van der Waals surface area contributed by atoms with E-state index in [9.17, 15) is 19.3 Å². The Morgan fingerprint density at radius 1 is 0.417 bits per heavy atom. The fourth-order valence-electron chi connectivity index (χ4n) is 8.37. The fraction of sp³-hybridized carbons (Fsp3) is 0.182. The van der Waals surface area contributed by atoms with E-state index in [1.54, 1.807) is 0 Å². The van der Waals surface area contributed by atoms with Crippen LogP contribution in [0, 0.1) is 69.2 Å². The van der Waals surface area contributed by atoms with Gasteiger partial charge in [0.15, 0.2) is 58.2 Å². The van der Waals surface area contributed by atoms with Crippen LogP contribution in [0.15, 0.2) is 24.3 Å². The van der Waals surface area contributed by atoms with Crippen LogP contribution in [-0.2, 0) is 10.8 Å². The molecule has 6 bridgehead atoms. The summed E-state index contributed by atoms with van der Waals surface area (Å²) in [6, 6.07) is 11.7. The van der Waals surface area contributed by atoms with Crippen molar-refractivity contribution in [2.75, 3.05) is 0 Å². The third kappa shape index (κ3) is 4.64. The molecule has 0 unspecified atom stereocenters. The van der Waals surface area contributed by atoms with E-state index in [1.807, 2.05) is 65.8 Å². The van der Waals surface area contributed by atoms with Gasteiger partial charge in [-0.1, -0.05) is 41.5 Å². The average molecular weight is 817 g/mol. The Bertz CT molecular complexity index is 3450. The van der Waals surface area contributed by atoms with Crippen LogP contribution in [0.1, 0.15) is 63.8 Å². The van der Waals surface area contributed by atoms with E-state index < -0.39 is 102 Å². The van der Waals surface area contributed by atoms with Crippen LogP contribution >= 0.6 is 0 Å². The van der Waals surface area contributed by atoms with Gasteiger partial charge in [0.25, 0.3) is 0 Å². The zero-order chi connectivity index (χ0) is 42.8. The van der Waals surface area contributed by atoms with Crippen LogP contribution in [0.3, 0.4) is 0 Å². The maximum absolute atomic E-state index is 15.9. The summed E-state index contributed by atoms with van der Waals surface area (Å²) in [6.45, 7) is 11.5. The molecule has 1 aliphatic rings. The summed E-state index contributed by atoms with van der Waals surface area (Å²) in [5, 5.41) is 20.0. The van der Waals surface area contributed by atoms with E-state index in [1.165, 1.54) is 0 Å². The number of H-pyrrole nitrogens is 2. The standard InChI is InChI=1S/C44H24F8N8/c1-43(2,3)13-7-15-19(11-53)20(12-54)16-8-14(44(4,5)6)10-18-22(16)21(15)17(9-13)23-24(18)38-55-37(23)56-39-25-27(31(47)35(51)33(49)29(25)45)41(58-39)60-42-28-26(40(57-38)59-42)30(46)34(50)36(52)32(28)48/h7-10H,1-6H3,(H2,55,56,57,58,59,60). The fourth-order valence-corrected chi connectivity index (χ4v) is 8.37. The molecule has 0 fully saturated rings. The minimum absolute atomic E-state index is 0.0791. The van der Waals surface area contributed by atoms with E-state index in [2.05, 4.69) is 37.1 Å². The van der Waals surface area contributed by atoms with Crippen molar-refractivity contribution in [3.05, 3.63) is 93.1 Å². The van der Waals surface area contributed by atoms with Crippen LogP contribution in [-0.4, -0.2) is 29.9 Å². The van der Waals surface area contributed by atoms with Crippen molar-refractivity contribution in [3.63, 3.8) is 0 Å². The topological polar surface area (TPSA) is 131 Å². The van der Waals surface area contributed by atoms with Crippen molar-refractivity contribution in [2.24, 2.45) is 0 Å². The third-order valence-electron chi connectivity index (χ3n) is 11.3. The molecule has 8 nitrogen and oxygen atoms in total. The molecule has 60 heavy (non-hydrogen) atoms. The lowest BCUT2D eigenvalue weighted by molar-refractivity contribution is 0.418. The van der Waals surface area contributed by atoms with Crippen molar-refractivity contribution in [1.29, 1.82) is 10.5 Å². The monoisotopic (exact) mass is 816 g/mol. The van der Waals surface area contributed by atoms with Crippen molar-refractivity contribution < 1.29 is 35.1 Å². The zero-order valence-electron chi connectivity index (χ0n) is 32.0. The number of aromatic nitrogens is 6. The average Bonchev–Trinajstić information content (AvgIpc) is 3.86. The van der Waals surface area contributed by atoms with Gasteiger partial charge in [-0.25, -0.2) is 55.1 Å². The normalized spacial score (nSPS) is 12.8. The number of nitrogens with one attached hydrogen (secondary N) is 2. The van der Waals surface area contributed by atoms with Gasteiger partial charge in [0, 0.05) is 21.9 Å². The molecule has 9 aromatic rings.